The van der Waals surface area contributed by atoms with Gasteiger partial charge in [0.1, 0.15) is 11.5 Å². The van der Waals surface area contributed by atoms with Gasteiger partial charge in [0.05, 0.1) is 12.2 Å². The third kappa shape index (κ3) is 5.14. The number of unbranched alkanes of at least 4 members (excludes halogenated alkanes) is 2. The lowest BCUT2D eigenvalue weighted by Gasteiger charge is -2.28. The third-order valence-electron chi connectivity index (χ3n) is 4.82. The number of rotatable bonds is 8. The summed E-state index contributed by atoms with van der Waals surface area (Å²) in [5.41, 5.74) is 1.07. The fourth-order valence-electron chi connectivity index (χ4n) is 3.31. The Kier molecular flexibility index (Phi) is 6.70. The van der Waals surface area contributed by atoms with Crippen molar-refractivity contribution in [1.82, 2.24) is 0 Å². The quantitative estimate of drug-likeness (QED) is 0.562. The number of alkyl halides is 3. The molecule has 1 N–H and O–H groups in total. The van der Waals surface area contributed by atoms with Gasteiger partial charge in [0.2, 0.25) is 6.10 Å². The molecule has 1 aliphatic rings. The lowest BCUT2D eigenvalue weighted by Crippen LogP contribution is -2.40. The van der Waals surface area contributed by atoms with E-state index in [1.165, 1.54) is 6.07 Å². The maximum absolute atomic E-state index is 13.4. The van der Waals surface area contributed by atoms with E-state index in [1.54, 1.807) is 6.07 Å². The van der Waals surface area contributed by atoms with Crippen molar-refractivity contribution < 1.29 is 32.5 Å². The van der Waals surface area contributed by atoms with Crippen molar-refractivity contribution in [3.63, 3.8) is 0 Å². The third-order valence-corrected chi connectivity index (χ3v) is 4.82. The van der Waals surface area contributed by atoms with E-state index in [0.717, 1.165) is 30.9 Å². The number of carboxylic acids is 1. The molecule has 2 aromatic carbocycles. The van der Waals surface area contributed by atoms with Crippen LogP contribution in [0.25, 0.3) is 6.08 Å². The molecule has 0 amide bonds. The molecule has 1 atom stereocenters. The zero-order chi connectivity index (χ0) is 21.7. The Morgan fingerprint density at radius 1 is 1.17 bits per heavy atom. The van der Waals surface area contributed by atoms with Gasteiger partial charge in [-0.15, -0.1) is 0 Å². The number of benzene rings is 2. The highest BCUT2D eigenvalue weighted by molar-refractivity contribution is 5.95. The summed E-state index contributed by atoms with van der Waals surface area (Å²) in [5, 5.41) is 9.24. The number of carboxylic acid groups (broad SMARTS) is 1. The van der Waals surface area contributed by atoms with E-state index in [9.17, 15) is 23.1 Å². The second kappa shape index (κ2) is 9.24. The van der Waals surface area contributed by atoms with Crippen molar-refractivity contribution in [2.24, 2.45) is 0 Å². The topological polar surface area (TPSA) is 55.8 Å². The molecule has 0 fully saturated rings. The average molecular weight is 420 g/mol. The van der Waals surface area contributed by atoms with Crippen LogP contribution in [0, 0.1) is 0 Å². The van der Waals surface area contributed by atoms with Gasteiger partial charge in [-0.25, -0.2) is 4.79 Å². The van der Waals surface area contributed by atoms with Crippen molar-refractivity contribution in [3.05, 3.63) is 64.7 Å². The molecule has 2 aromatic rings. The Morgan fingerprint density at radius 2 is 1.90 bits per heavy atom. The molecule has 3 rings (SSSR count). The lowest BCUT2D eigenvalue weighted by atomic mass is 9.97. The average Bonchev–Trinajstić information content (AvgIpc) is 2.70. The molecule has 0 aliphatic carbocycles. The molecule has 1 heterocycles. The minimum absolute atomic E-state index is 0.00540. The van der Waals surface area contributed by atoms with E-state index < -0.39 is 23.8 Å². The molecule has 1 unspecified atom stereocenters. The summed E-state index contributed by atoms with van der Waals surface area (Å²) in [6.07, 6.45) is -3.00. The minimum atomic E-state index is -4.84. The van der Waals surface area contributed by atoms with Crippen molar-refractivity contribution >= 4 is 12.0 Å². The maximum Gasteiger partial charge on any atom is 0.430 e. The van der Waals surface area contributed by atoms with Crippen LogP contribution in [0.4, 0.5) is 13.2 Å². The van der Waals surface area contributed by atoms with E-state index >= 15 is 0 Å². The van der Waals surface area contributed by atoms with Crippen LogP contribution >= 0.6 is 0 Å². The van der Waals surface area contributed by atoms with Gasteiger partial charge < -0.3 is 14.6 Å². The molecule has 160 valence electrons. The monoisotopic (exact) mass is 420 g/mol. The first-order chi connectivity index (χ1) is 14.3. The van der Waals surface area contributed by atoms with Crippen LogP contribution in [-0.2, 0) is 11.2 Å². The Bertz CT molecular complexity index is 920. The fourth-order valence-corrected chi connectivity index (χ4v) is 3.31. The van der Waals surface area contributed by atoms with Gasteiger partial charge in [0.15, 0.2) is 0 Å². The van der Waals surface area contributed by atoms with Crippen molar-refractivity contribution in [2.45, 2.75) is 44.9 Å². The van der Waals surface area contributed by atoms with Crippen LogP contribution in [0.1, 0.15) is 42.9 Å². The molecule has 0 radical (unpaired) electrons. The smallest absolute Gasteiger partial charge is 0.430 e. The lowest BCUT2D eigenvalue weighted by molar-refractivity contribution is -0.187. The second-order valence-electron chi connectivity index (χ2n) is 7.16. The Labute approximate surface area is 172 Å². The SMILES string of the molecule is CCCCCOc1cc2c(cc1Cc1ccccc1)OC(C(F)(F)F)C(C(=O)O)=C2. The highest BCUT2D eigenvalue weighted by Crippen LogP contribution is 2.40. The van der Waals surface area contributed by atoms with E-state index in [4.69, 9.17) is 9.47 Å². The zero-order valence-corrected chi connectivity index (χ0v) is 16.5. The second-order valence-corrected chi connectivity index (χ2v) is 7.16. The predicted molar refractivity (Wildman–Crippen MR) is 107 cm³/mol. The van der Waals surface area contributed by atoms with Crippen molar-refractivity contribution in [1.29, 1.82) is 0 Å². The Morgan fingerprint density at radius 3 is 2.53 bits per heavy atom. The minimum Gasteiger partial charge on any atom is -0.493 e. The fraction of sp³-hybridized carbons (Fsp3) is 0.348. The zero-order valence-electron chi connectivity index (χ0n) is 16.5. The first kappa shape index (κ1) is 21.7. The van der Waals surface area contributed by atoms with E-state index in [2.05, 4.69) is 6.92 Å². The molecular formula is C23H23F3O4. The van der Waals surface area contributed by atoms with Crippen LogP contribution in [-0.4, -0.2) is 30.0 Å². The Balaban J connectivity index is 2.00. The number of hydrogen-bond donors (Lipinski definition) is 1. The molecular weight excluding hydrogens is 397 g/mol. The molecule has 0 saturated heterocycles. The summed E-state index contributed by atoms with van der Waals surface area (Å²) in [4.78, 5) is 11.4. The number of hydrogen-bond acceptors (Lipinski definition) is 3. The summed E-state index contributed by atoms with van der Waals surface area (Å²) in [6, 6.07) is 12.6. The maximum atomic E-state index is 13.4. The molecule has 30 heavy (non-hydrogen) atoms. The molecule has 4 nitrogen and oxygen atoms in total. The van der Waals surface area contributed by atoms with E-state index in [0.29, 0.717) is 24.3 Å². The van der Waals surface area contributed by atoms with Crippen molar-refractivity contribution in [2.75, 3.05) is 6.61 Å². The molecule has 1 aliphatic heterocycles. The van der Waals surface area contributed by atoms with Crippen LogP contribution in [0.5, 0.6) is 11.5 Å². The van der Waals surface area contributed by atoms with Gasteiger partial charge in [-0.1, -0.05) is 50.1 Å². The molecule has 0 bridgehead atoms. The van der Waals surface area contributed by atoms with Gasteiger partial charge in [-0.3, -0.25) is 0 Å². The van der Waals surface area contributed by atoms with Gasteiger partial charge in [0, 0.05) is 17.5 Å². The number of aliphatic carboxylic acids is 1. The standard InChI is InChI=1S/C23H23F3O4/c1-2-3-7-10-29-19-13-17-12-18(22(27)28)21(23(24,25)26)30-20(17)14-16(19)11-15-8-5-4-6-9-15/h4-6,8-9,12-14,21H,2-3,7,10-11H2,1H3,(H,27,28). The number of fused-ring (bicyclic) bond motifs is 1. The van der Waals surface area contributed by atoms with Crippen LogP contribution < -0.4 is 9.47 Å². The summed E-state index contributed by atoms with van der Waals surface area (Å²) < 4.78 is 51.1. The first-order valence-corrected chi connectivity index (χ1v) is 9.81. The number of carbonyl (C=O) groups is 1. The predicted octanol–water partition coefficient (Wildman–Crippen LogP) is 5.64. The largest absolute Gasteiger partial charge is 0.493 e. The molecule has 7 heteroatoms. The number of ether oxygens (including phenoxy) is 2. The van der Waals surface area contributed by atoms with Gasteiger partial charge in [-0.05, 0) is 30.2 Å². The highest BCUT2D eigenvalue weighted by Gasteiger charge is 2.48. The molecule has 0 spiro atoms. The summed E-state index contributed by atoms with van der Waals surface area (Å²) in [7, 11) is 0. The Hall–Kier alpha value is -2.96. The number of halogens is 3. The highest BCUT2D eigenvalue weighted by atomic mass is 19.4. The van der Waals surface area contributed by atoms with E-state index in [-0.39, 0.29) is 11.3 Å². The molecule has 0 aromatic heterocycles. The van der Waals surface area contributed by atoms with Gasteiger partial charge >= 0.3 is 12.1 Å². The van der Waals surface area contributed by atoms with Crippen LogP contribution in [0.3, 0.4) is 0 Å². The normalized spacial score (nSPS) is 15.7. The van der Waals surface area contributed by atoms with Gasteiger partial charge in [0.25, 0.3) is 0 Å². The van der Waals surface area contributed by atoms with Crippen molar-refractivity contribution in [3.8, 4) is 11.5 Å². The van der Waals surface area contributed by atoms with Gasteiger partial charge in [-0.2, -0.15) is 13.2 Å². The first-order valence-electron chi connectivity index (χ1n) is 9.81. The van der Waals surface area contributed by atoms with Crippen LogP contribution in [0.2, 0.25) is 0 Å². The molecule has 0 saturated carbocycles. The van der Waals surface area contributed by atoms with Crippen LogP contribution in [0.15, 0.2) is 48.0 Å². The van der Waals surface area contributed by atoms with E-state index in [1.807, 2.05) is 30.3 Å². The summed E-state index contributed by atoms with van der Waals surface area (Å²) >= 11 is 0. The summed E-state index contributed by atoms with van der Waals surface area (Å²) in [5.74, 6) is -1.15. The summed E-state index contributed by atoms with van der Waals surface area (Å²) in [6.45, 7) is 2.54.